The Labute approximate surface area is 144 Å². The predicted octanol–water partition coefficient (Wildman–Crippen LogP) is 4.27. The first-order valence-electron chi connectivity index (χ1n) is 8.23. The van der Waals surface area contributed by atoms with E-state index in [1.54, 1.807) is 19.3 Å². The third-order valence-electron chi connectivity index (χ3n) is 4.18. The molecule has 25 heavy (non-hydrogen) atoms. The van der Waals surface area contributed by atoms with E-state index in [4.69, 9.17) is 0 Å². The van der Waals surface area contributed by atoms with Gasteiger partial charge in [0.15, 0.2) is 0 Å². The molecule has 2 aromatic rings. The van der Waals surface area contributed by atoms with E-state index in [0.29, 0.717) is 24.4 Å². The molecule has 0 radical (unpaired) electrons. The second-order valence-electron chi connectivity index (χ2n) is 5.93. The Bertz CT molecular complexity index is 831. The average molecular weight is 348 g/mol. The third kappa shape index (κ3) is 3.36. The van der Waals surface area contributed by atoms with Gasteiger partial charge in [0.2, 0.25) is 5.82 Å². The fraction of sp³-hybridized carbons (Fsp3) is 0.389. The Hall–Kier alpha value is -2.44. The molecule has 0 unspecified atom stereocenters. The largest absolute Gasteiger partial charge is 0.452 e. The fourth-order valence-corrected chi connectivity index (χ4v) is 3.14. The van der Waals surface area contributed by atoms with E-state index in [9.17, 15) is 13.2 Å². The highest BCUT2D eigenvalue weighted by atomic mass is 19.4. The molecule has 0 bridgehead atoms. The highest BCUT2D eigenvalue weighted by Gasteiger charge is 2.39. The quantitative estimate of drug-likeness (QED) is 0.778. The summed E-state index contributed by atoms with van der Waals surface area (Å²) in [5.74, 6) is -0.601. The molecule has 2 heterocycles. The lowest BCUT2D eigenvalue weighted by molar-refractivity contribution is -0.146. The van der Waals surface area contributed by atoms with Crippen LogP contribution in [0, 0.1) is 0 Å². The summed E-state index contributed by atoms with van der Waals surface area (Å²) in [6, 6.07) is 5.51. The molecule has 4 nitrogen and oxygen atoms in total. The second kappa shape index (κ2) is 6.82. The van der Waals surface area contributed by atoms with Crippen LogP contribution in [0.5, 0.6) is 0 Å². The fourth-order valence-electron chi connectivity index (χ4n) is 3.14. The minimum atomic E-state index is -4.53. The van der Waals surface area contributed by atoms with Crippen LogP contribution in [0.1, 0.15) is 42.5 Å². The molecule has 0 saturated heterocycles. The number of aryl methyl sites for hydroxylation is 2. The van der Waals surface area contributed by atoms with Crippen molar-refractivity contribution in [2.45, 2.75) is 38.8 Å². The molecule has 7 heteroatoms. The number of nitrogens with zero attached hydrogens (tertiary/aromatic N) is 4. The lowest BCUT2D eigenvalue weighted by Gasteiger charge is -2.14. The van der Waals surface area contributed by atoms with Gasteiger partial charge < -0.3 is 0 Å². The molecule has 0 amide bonds. The van der Waals surface area contributed by atoms with Gasteiger partial charge in [-0.3, -0.25) is 9.56 Å². The van der Waals surface area contributed by atoms with Crippen LogP contribution in [0.15, 0.2) is 29.3 Å². The lowest BCUT2D eigenvalue weighted by Crippen LogP contribution is -2.15. The van der Waals surface area contributed by atoms with E-state index < -0.39 is 12.0 Å². The molecule has 0 spiro atoms. The predicted molar refractivity (Wildman–Crippen MR) is 91.1 cm³/mol. The summed E-state index contributed by atoms with van der Waals surface area (Å²) < 4.78 is 41.0. The maximum atomic E-state index is 13.3. The Morgan fingerprint density at radius 2 is 2.08 bits per heavy atom. The molecule has 1 aromatic carbocycles. The summed E-state index contributed by atoms with van der Waals surface area (Å²) in [6.45, 7) is 2.03. The number of alkyl halides is 3. The van der Waals surface area contributed by atoms with Crippen LogP contribution in [0.2, 0.25) is 0 Å². The van der Waals surface area contributed by atoms with Crippen LogP contribution in [0.3, 0.4) is 0 Å². The number of rotatable bonds is 3. The van der Waals surface area contributed by atoms with Gasteiger partial charge in [0.05, 0.1) is 5.69 Å². The first-order chi connectivity index (χ1) is 12.0. The van der Waals surface area contributed by atoms with Crippen molar-refractivity contribution in [2.75, 3.05) is 7.05 Å². The molecule has 0 fully saturated rings. The van der Waals surface area contributed by atoms with Gasteiger partial charge >= 0.3 is 6.18 Å². The Balaban J connectivity index is 2.15. The number of allylic oxidation sites excluding steroid dienone is 2. The summed E-state index contributed by atoms with van der Waals surface area (Å²) >= 11 is 0. The first-order valence-corrected chi connectivity index (χ1v) is 8.23. The van der Waals surface area contributed by atoms with Gasteiger partial charge in [-0.15, -0.1) is 10.2 Å². The molecule has 3 rings (SSSR count). The van der Waals surface area contributed by atoms with Crippen molar-refractivity contribution in [1.29, 1.82) is 0 Å². The molecule has 1 aliphatic heterocycles. The molecule has 0 N–H and O–H groups in total. The Morgan fingerprint density at radius 3 is 2.76 bits per heavy atom. The maximum Gasteiger partial charge on any atom is 0.452 e. The lowest BCUT2D eigenvalue weighted by atomic mass is 9.99. The van der Waals surface area contributed by atoms with E-state index in [-0.39, 0.29) is 0 Å². The molecule has 1 aliphatic rings. The van der Waals surface area contributed by atoms with E-state index in [0.717, 1.165) is 34.1 Å². The van der Waals surface area contributed by atoms with E-state index >= 15 is 0 Å². The smallest absolute Gasteiger partial charge is 0.296 e. The normalized spacial score (nSPS) is 15.2. The molecular weight excluding hydrogens is 329 g/mol. The molecule has 0 aliphatic carbocycles. The zero-order chi connectivity index (χ0) is 18.0. The minimum Gasteiger partial charge on any atom is -0.296 e. The second-order valence-corrected chi connectivity index (χ2v) is 5.93. The van der Waals surface area contributed by atoms with Crippen LogP contribution < -0.4 is 0 Å². The number of halogens is 3. The van der Waals surface area contributed by atoms with Crippen LogP contribution in [0.4, 0.5) is 13.2 Å². The number of hydrogen-bond acceptors (Lipinski definition) is 3. The zero-order valence-corrected chi connectivity index (χ0v) is 14.1. The van der Waals surface area contributed by atoms with Gasteiger partial charge in [-0.25, -0.2) is 0 Å². The molecule has 1 aromatic heterocycles. The number of hydrogen-bond donors (Lipinski definition) is 0. The minimum absolute atomic E-state index is 0.360. The molecule has 0 atom stereocenters. The van der Waals surface area contributed by atoms with Gasteiger partial charge in [0.1, 0.15) is 5.82 Å². The van der Waals surface area contributed by atoms with Crippen molar-refractivity contribution in [3.63, 3.8) is 0 Å². The number of fused-ring (bicyclic) bond motifs is 3. The summed E-state index contributed by atoms with van der Waals surface area (Å²) in [4.78, 5) is 4.07. The maximum absolute atomic E-state index is 13.3. The highest BCUT2D eigenvalue weighted by molar-refractivity contribution is 6.09. The van der Waals surface area contributed by atoms with E-state index in [1.807, 2.05) is 19.1 Å². The van der Waals surface area contributed by atoms with Crippen molar-refractivity contribution in [1.82, 2.24) is 14.8 Å². The van der Waals surface area contributed by atoms with E-state index in [2.05, 4.69) is 21.3 Å². The molecule has 132 valence electrons. The Kier molecular flexibility index (Phi) is 4.74. The van der Waals surface area contributed by atoms with Gasteiger partial charge in [0, 0.05) is 19.7 Å². The van der Waals surface area contributed by atoms with Gasteiger partial charge in [-0.2, -0.15) is 13.2 Å². The molecule has 0 saturated carbocycles. The van der Waals surface area contributed by atoms with Crippen LogP contribution in [-0.2, 0) is 19.0 Å². The van der Waals surface area contributed by atoms with E-state index in [1.165, 1.54) is 0 Å². The Morgan fingerprint density at radius 1 is 1.28 bits per heavy atom. The van der Waals surface area contributed by atoms with Gasteiger partial charge in [-0.1, -0.05) is 19.1 Å². The summed E-state index contributed by atoms with van der Waals surface area (Å²) in [6.07, 6.45) is 2.05. The summed E-state index contributed by atoms with van der Waals surface area (Å²) in [7, 11) is 1.70. The van der Waals surface area contributed by atoms with Gasteiger partial charge in [-0.05, 0) is 48.1 Å². The summed E-state index contributed by atoms with van der Waals surface area (Å²) in [5.41, 5.74) is 3.30. The van der Waals surface area contributed by atoms with Crippen molar-refractivity contribution in [2.24, 2.45) is 4.99 Å². The highest BCUT2D eigenvalue weighted by Crippen LogP contribution is 2.34. The van der Waals surface area contributed by atoms with Crippen LogP contribution >= 0.6 is 0 Å². The third-order valence-corrected chi connectivity index (χ3v) is 4.18. The monoisotopic (exact) mass is 348 g/mol. The molecular formula is C18H19F3N4. The standard InChI is InChI=1S/C18H19F3N4/c1-3-5-14(11-22-2)12-8-9-15-13(10-12)6-4-7-16-23-24-17(25(15)16)18(19,20)21/h5,8-11H,3-4,6-7H2,1-2H3/b14-5+,22-11?. The van der Waals surface area contributed by atoms with Crippen molar-refractivity contribution in [3.8, 4) is 5.69 Å². The van der Waals surface area contributed by atoms with Crippen LogP contribution in [-0.4, -0.2) is 28.0 Å². The average Bonchev–Trinajstić information content (AvgIpc) is 2.91. The number of benzene rings is 1. The van der Waals surface area contributed by atoms with Crippen LogP contribution in [0.25, 0.3) is 11.3 Å². The zero-order valence-electron chi connectivity index (χ0n) is 14.1. The topological polar surface area (TPSA) is 43.1 Å². The van der Waals surface area contributed by atoms with Crippen molar-refractivity contribution in [3.05, 3.63) is 47.1 Å². The van der Waals surface area contributed by atoms with Crippen molar-refractivity contribution >= 4 is 11.8 Å². The summed E-state index contributed by atoms with van der Waals surface area (Å²) in [5, 5.41) is 7.14. The first kappa shape index (κ1) is 17.4. The number of aromatic nitrogens is 3. The van der Waals surface area contributed by atoms with Crippen molar-refractivity contribution < 1.29 is 13.2 Å². The number of aliphatic imine (C=N–C) groups is 1. The SMILES string of the molecule is CC/C=C(\C=NC)c1ccc2c(c1)CCCc1nnc(C(F)(F)F)n1-2. The van der Waals surface area contributed by atoms with Gasteiger partial charge in [0.25, 0.3) is 0 Å².